The molecule has 166 valence electrons. The summed E-state index contributed by atoms with van der Waals surface area (Å²) < 4.78 is 37.6. The summed E-state index contributed by atoms with van der Waals surface area (Å²) in [6, 6.07) is 7.53. The molecule has 2 aromatic rings. The lowest BCUT2D eigenvalue weighted by molar-refractivity contribution is 0.270. The number of aromatic nitrogens is 2. The van der Waals surface area contributed by atoms with Crippen molar-refractivity contribution in [2.45, 2.75) is 64.2 Å². The van der Waals surface area contributed by atoms with Crippen molar-refractivity contribution in [3.05, 3.63) is 30.2 Å². The maximum absolute atomic E-state index is 12.6. The second kappa shape index (κ2) is 10.9. The van der Waals surface area contributed by atoms with Gasteiger partial charge in [-0.1, -0.05) is 56.3 Å². The zero-order valence-corrected chi connectivity index (χ0v) is 18.9. The fourth-order valence-corrected chi connectivity index (χ4v) is 5.45. The Kier molecular flexibility index (Phi) is 8.27. The largest absolute Gasteiger partial charge is 0.497 e. The zero-order chi connectivity index (χ0) is 21.4. The first-order valence-electron chi connectivity index (χ1n) is 11.0. The Morgan fingerprint density at radius 3 is 2.60 bits per heavy atom. The van der Waals surface area contributed by atoms with E-state index in [1.165, 1.54) is 19.3 Å². The Hall–Kier alpha value is -1.93. The lowest BCUT2D eigenvalue weighted by atomic mass is 9.98. The molecule has 0 radical (unpaired) electrons. The Labute approximate surface area is 179 Å². The fourth-order valence-electron chi connectivity index (χ4n) is 3.86. The van der Waals surface area contributed by atoms with Crippen LogP contribution in [-0.4, -0.2) is 48.8 Å². The minimum Gasteiger partial charge on any atom is -0.497 e. The van der Waals surface area contributed by atoms with Gasteiger partial charge in [0.2, 0.25) is 21.7 Å². The third kappa shape index (κ3) is 6.04. The molecule has 1 fully saturated rings. The van der Waals surface area contributed by atoms with E-state index < -0.39 is 10.0 Å². The summed E-state index contributed by atoms with van der Waals surface area (Å²) in [4.78, 5) is 4.55. The van der Waals surface area contributed by atoms with Crippen LogP contribution in [0, 0.1) is 0 Å². The highest BCUT2D eigenvalue weighted by molar-refractivity contribution is 7.89. The summed E-state index contributed by atoms with van der Waals surface area (Å²) in [7, 11) is -1.55. The van der Waals surface area contributed by atoms with Crippen LogP contribution in [0.4, 0.5) is 0 Å². The standard InChI is InChI=1S/C22H33N3O4S/c1-3-4-5-6-7-8-16-30(26,27)25-14-12-18(13-15-25)22-23-21(24-29-22)19-10-9-11-20(17-19)28-2/h9-11,17-18H,3-8,12-16H2,1-2H3. The van der Waals surface area contributed by atoms with Crippen LogP contribution in [0.15, 0.2) is 28.8 Å². The number of rotatable bonds is 11. The highest BCUT2D eigenvalue weighted by atomic mass is 32.2. The van der Waals surface area contributed by atoms with E-state index in [0.717, 1.165) is 30.6 Å². The van der Waals surface area contributed by atoms with Crippen LogP contribution < -0.4 is 4.74 Å². The van der Waals surface area contributed by atoms with E-state index in [4.69, 9.17) is 9.26 Å². The van der Waals surface area contributed by atoms with Crippen molar-refractivity contribution < 1.29 is 17.7 Å². The van der Waals surface area contributed by atoms with Crippen LogP contribution in [0.5, 0.6) is 5.75 Å². The third-order valence-electron chi connectivity index (χ3n) is 5.72. The zero-order valence-electron chi connectivity index (χ0n) is 18.0. The lowest BCUT2D eigenvalue weighted by Gasteiger charge is -2.29. The minimum atomic E-state index is -3.17. The molecule has 3 rings (SSSR count). The molecule has 0 atom stereocenters. The third-order valence-corrected chi connectivity index (χ3v) is 7.68. The predicted molar refractivity (Wildman–Crippen MR) is 117 cm³/mol. The fraction of sp³-hybridized carbons (Fsp3) is 0.636. The molecule has 30 heavy (non-hydrogen) atoms. The highest BCUT2D eigenvalue weighted by Crippen LogP contribution is 2.30. The van der Waals surface area contributed by atoms with Crippen LogP contribution >= 0.6 is 0 Å². The summed E-state index contributed by atoms with van der Waals surface area (Å²) in [5.41, 5.74) is 0.836. The summed E-state index contributed by atoms with van der Waals surface area (Å²) in [5, 5.41) is 4.10. The molecule has 2 heterocycles. The second-order valence-electron chi connectivity index (χ2n) is 7.95. The molecule has 1 saturated heterocycles. The van der Waals surface area contributed by atoms with Crippen molar-refractivity contribution in [2.75, 3.05) is 26.0 Å². The highest BCUT2D eigenvalue weighted by Gasteiger charge is 2.31. The number of unbranched alkanes of at least 4 members (excludes halogenated alkanes) is 5. The summed E-state index contributed by atoms with van der Waals surface area (Å²) >= 11 is 0. The van der Waals surface area contributed by atoms with Gasteiger partial charge in [0.1, 0.15) is 5.75 Å². The quantitative estimate of drug-likeness (QED) is 0.479. The first kappa shape index (κ1) is 22.7. The molecule has 1 aromatic heterocycles. The SMILES string of the molecule is CCCCCCCCS(=O)(=O)N1CCC(c2nc(-c3cccc(OC)c3)no2)CC1. The molecule has 8 heteroatoms. The average molecular weight is 436 g/mol. The van der Waals surface area contributed by atoms with E-state index in [9.17, 15) is 8.42 Å². The van der Waals surface area contributed by atoms with Gasteiger partial charge in [0, 0.05) is 24.6 Å². The second-order valence-corrected chi connectivity index (χ2v) is 10.0. The van der Waals surface area contributed by atoms with Gasteiger partial charge in [-0.15, -0.1) is 0 Å². The lowest BCUT2D eigenvalue weighted by Crippen LogP contribution is -2.39. The molecular formula is C22H33N3O4S. The summed E-state index contributed by atoms with van der Waals surface area (Å²) in [6.45, 7) is 3.21. The van der Waals surface area contributed by atoms with E-state index in [0.29, 0.717) is 37.6 Å². The van der Waals surface area contributed by atoms with Crippen LogP contribution in [0.3, 0.4) is 0 Å². The van der Waals surface area contributed by atoms with E-state index in [-0.39, 0.29) is 11.7 Å². The van der Waals surface area contributed by atoms with Crippen LogP contribution in [-0.2, 0) is 10.0 Å². The molecule has 0 spiro atoms. The van der Waals surface area contributed by atoms with Gasteiger partial charge in [-0.25, -0.2) is 12.7 Å². The first-order valence-corrected chi connectivity index (χ1v) is 12.6. The van der Waals surface area contributed by atoms with Crippen molar-refractivity contribution in [3.8, 4) is 17.1 Å². The predicted octanol–water partition coefficient (Wildman–Crippen LogP) is 4.61. The van der Waals surface area contributed by atoms with Gasteiger partial charge in [-0.3, -0.25) is 0 Å². The van der Waals surface area contributed by atoms with E-state index >= 15 is 0 Å². The molecule has 7 nitrogen and oxygen atoms in total. The van der Waals surface area contributed by atoms with E-state index in [2.05, 4.69) is 17.1 Å². The number of ether oxygens (including phenoxy) is 1. The van der Waals surface area contributed by atoms with Crippen LogP contribution in [0.2, 0.25) is 0 Å². The minimum absolute atomic E-state index is 0.0948. The number of benzene rings is 1. The summed E-state index contributed by atoms with van der Waals surface area (Å²) in [5.74, 6) is 2.20. The average Bonchev–Trinajstić information content (AvgIpc) is 3.27. The number of sulfonamides is 1. The number of piperidine rings is 1. The summed E-state index contributed by atoms with van der Waals surface area (Å²) in [6.07, 6.45) is 7.90. The van der Waals surface area contributed by atoms with E-state index in [1.54, 1.807) is 11.4 Å². The molecule has 0 N–H and O–H groups in total. The Morgan fingerprint density at radius 1 is 1.13 bits per heavy atom. The van der Waals surface area contributed by atoms with Gasteiger partial charge in [0.05, 0.1) is 12.9 Å². The topological polar surface area (TPSA) is 85.5 Å². The molecule has 0 amide bonds. The van der Waals surface area contributed by atoms with Crippen LogP contribution in [0.1, 0.15) is 70.1 Å². The number of methoxy groups -OCH3 is 1. The smallest absolute Gasteiger partial charge is 0.230 e. The van der Waals surface area contributed by atoms with Crippen molar-refractivity contribution in [3.63, 3.8) is 0 Å². The first-order chi connectivity index (χ1) is 14.5. The molecule has 0 bridgehead atoms. The molecule has 0 saturated carbocycles. The monoisotopic (exact) mass is 435 g/mol. The molecule has 0 unspecified atom stereocenters. The van der Waals surface area contributed by atoms with Crippen molar-refractivity contribution in [1.82, 2.24) is 14.4 Å². The van der Waals surface area contributed by atoms with E-state index in [1.807, 2.05) is 24.3 Å². The van der Waals surface area contributed by atoms with Crippen molar-refractivity contribution in [2.24, 2.45) is 0 Å². The Bertz CT molecular complexity index is 889. The molecular weight excluding hydrogens is 402 g/mol. The molecule has 1 aliphatic rings. The Morgan fingerprint density at radius 2 is 1.87 bits per heavy atom. The number of nitrogens with zero attached hydrogens (tertiary/aromatic N) is 3. The molecule has 1 aliphatic heterocycles. The van der Waals surface area contributed by atoms with Crippen LogP contribution in [0.25, 0.3) is 11.4 Å². The van der Waals surface area contributed by atoms with Gasteiger partial charge < -0.3 is 9.26 Å². The number of hydrogen-bond donors (Lipinski definition) is 0. The van der Waals surface area contributed by atoms with Gasteiger partial charge in [-0.2, -0.15) is 4.98 Å². The van der Waals surface area contributed by atoms with Crippen molar-refractivity contribution >= 4 is 10.0 Å². The van der Waals surface area contributed by atoms with Gasteiger partial charge in [0.15, 0.2) is 0 Å². The maximum Gasteiger partial charge on any atom is 0.230 e. The van der Waals surface area contributed by atoms with Gasteiger partial charge in [-0.05, 0) is 31.4 Å². The van der Waals surface area contributed by atoms with Gasteiger partial charge >= 0.3 is 0 Å². The molecule has 0 aliphatic carbocycles. The van der Waals surface area contributed by atoms with Gasteiger partial charge in [0.25, 0.3) is 0 Å². The maximum atomic E-state index is 12.6. The molecule has 1 aromatic carbocycles. The normalized spacial score (nSPS) is 16.1. The van der Waals surface area contributed by atoms with Crippen molar-refractivity contribution in [1.29, 1.82) is 0 Å². The Balaban J connectivity index is 1.50. The number of hydrogen-bond acceptors (Lipinski definition) is 6.